The summed E-state index contributed by atoms with van der Waals surface area (Å²) in [4.78, 5) is 23.2. The predicted octanol–water partition coefficient (Wildman–Crippen LogP) is 4.02. The van der Waals surface area contributed by atoms with Gasteiger partial charge < -0.3 is 19.4 Å². The number of non-ortho nitro benzene ring substituents is 1. The number of carbonyl (C=O) groups excluding carboxylic acids is 1. The fourth-order valence-corrected chi connectivity index (χ4v) is 2.96. The number of carbonyl (C=O) groups is 1. The number of hydrogen-bond acceptors (Lipinski definition) is 6. The molecule has 3 rings (SSSR count). The van der Waals surface area contributed by atoms with Crippen LogP contribution >= 0.6 is 0 Å². The number of nitro groups is 1. The van der Waals surface area contributed by atoms with Crippen LogP contribution in [0.15, 0.2) is 42.5 Å². The Hall–Kier alpha value is -3.55. The maximum Gasteiger partial charge on any atom is 0.354 e. The van der Waals surface area contributed by atoms with Crippen LogP contribution in [0.2, 0.25) is 0 Å². The smallest absolute Gasteiger partial charge is 0.354 e. The lowest BCUT2D eigenvalue weighted by Crippen LogP contribution is -2.09. The molecule has 0 amide bonds. The number of fused-ring (bicyclic) bond motifs is 1. The van der Waals surface area contributed by atoms with Crippen LogP contribution in [-0.4, -0.2) is 29.2 Å². The number of nitro benzene ring substituents is 1. The maximum absolute atomic E-state index is 12.2. The number of nitrogens with zero attached hydrogens (tertiary/aromatic N) is 2. The normalized spacial score (nSPS) is 10.6. The van der Waals surface area contributed by atoms with E-state index in [1.807, 2.05) is 24.3 Å². The number of methoxy groups -OCH3 is 1. The first kappa shape index (κ1) is 18.2. The minimum atomic E-state index is -0.530. The van der Waals surface area contributed by atoms with Crippen molar-refractivity contribution in [1.29, 1.82) is 0 Å². The van der Waals surface area contributed by atoms with Crippen molar-refractivity contribution in [2.24, 2.45) is 7.05 Å². The molecule has 3 aromatic rings. The number of esters is 1. The molecule has 140 valence electrons. The van der Waals surface area contributed by atoms with Gasteiger partial charge in [-0.25, -0.2) is 4.79 Å². The van der Waals surface area contributed by atoms with E-state index in [1.54, 1.807) is 33.2 Å². The van der Waals surface area contributed by atoms with E-state index in [4.69, 9.17) is 9.47 Å². The zero-order chi connectivity index (χ0) is 19.6. The average molecular weight is 369 g/mol. The second-order valence-electron chi connectivity index (χ2n) is 5.82. The first-order chi connectivity index (χ1) is 13.0. The Kier molecular flexibility index (Phi) is 4.98. The number of aryl methyl sites for hydroxylation is 1. The zero-order valence-electron chi connectivity index (χ0n) is 15.2. The van der Waals surface area contributed by atoms with Crippen molar-refractivity contribution >= 4 is 33.9 Å². The molecule has 8 nitrogen and oxygen atoms in total. The molecule has 27 heavy (non-hydrogen) atoms. The molecule has 0 unspecified atom stereocenters. The highest BCUT2D eigenvalue weighted by molar-refractivity contribution is 6.04. The number of benzene rings is 2. The molecule has 0 aliphatic rings. The molecule has 0 spiro atoms. The maximum atomic E-state index is 12.2. The van der Waals surface area contributed by atoms with Gasteiger partial charge in [0.15, 0.2) is 0 Å². The van der Waals surface area contributed by atoms with Gasteiger partial charge in [0.25, 0.3) is 5.69 Å². The summed E-state index contributed by atoms with van der Waals surface area (Å²) >= 11 is 0. The highest BCUT2D eigenvalue weighted by Gasteiger charge is 2.23. The van der Waals surface area contributed by atoms with Crippen molar-refractivity contribution in [1.82, 2.24) is 4.57 Å². The summed E-state index contributed by atoms with van der Waals surface area (Å²) < 4.78 is 11.8. The van der Waals surface area contributed by atoms with E-state index in [9.17, 15) is 14.9 Å². The quantitative estimate of drug-likeness (QED) is 0.401. The van der Waals surface area contributed by atoms with Crippen LogP contribution in [0.25, 0.3) is 10.9 Å². The van der Waals surface area contributed by atoms with Crippen LogP contribution < -0.4 is 10.1 Å². The van der Waals surface area contributed by atoms with E-state index in [0.29, 0.717) is 22.3 Å². The molecule has 2 aromatic carbocycles. The molecule has 0 bridgehead atoms. The van der Waals surface area contributed by atoms with Gasteiger partial charge in [-0.3, -0.25) is 10.1 Å². The molecule has 1 aromatic heterocycles. The minimum absolute atomic E-state index is 0.0840. The summed E-state index contributed by atoms with van der Waals surface area (Å²) in [7, 11) is 3.18. The van der Waals surface area contributed by atoms with Crippen LogP contribution in [0.4, 0.5) is 17.1 Å². The largest absolute Gasteiger partial charge is 0.497 e. The van der Waals surface area contributed by atoms with Crippen LogP contribution in [0.1, 0.15) is 17.4 Å². The van der Waals surface area contributed by atoms with Gasteiger partial charge in [-0.05, 0) is 31.2 Å². The van der Waals surface area contributed by atoms with Crippen LogP contribution in [-0.2, 0) is 11.8 Å². The standard InChI is InChI=1S/C19H19N3O5/c1-4-27-19(23)17-11-14-15(20-12-6-5-7-13(10-12)26-3)8-9-16(22(24)25)18(14)21(17)2/h5-11,20H,4H2,1-3H3. The van der Waals surface area contributed by atoms with Gasteiger partial charge in [-0.2, -0.15) is 0 Å². The van der Waals surface area contributed by atoms with Gasteiger partial charge in [0.2, 0.25) is 0 Å². The van der Waals surface area contributed by atoms with E-state index >= 15 is 0 Å². The van der Waals surface area contributed by atoms with E-state index in [1.165, 1.54) is 10.6 Å². The summed E-state index contributed by atoms with van der Waals surface area (Å²) in [6, 6.07) is 11.9. The number of nitrogens with one attached hydrogen (secondary N) is 1. The van der Waals surface area contributed by atoms with Crippen molar-refractivity contribution in [2.75, 3.05) is 19.0 Å². The van der Waals surface area contributed by atoms with E-state index in [0.717, 1.165) is 5.69 Å². The Labute approximate surface area is 155 Å². The molecule has 0 saturated heterocycles. The van der Waals surface area contributed by atoms with Gasteiger partial charge in [-0.15, -0.1) is 0 Å². The van der Waals surface area contributed by atoms with Gasteiger partial charge in [0.05, 0.1) is 18.6 Å². The summed E-state index contributed by atoms with van der Waals surface area (Å²) in [5.41, 5.74) is 1.89. The first-order valence-electron chi connectivity index (χ1n) is 8.31. The fraction of sp³-hybridized carbons (Fsp3) is 0.211. The van der Waals surface area contributed by atoms with Gasteiger partial charge in [-0.1, -0.05) is 6.07 Å². The van der Waals surface area contributed by atoms with E-state index < -0.39 is 10.9 Å². The van der Waals surface area contributed by atoms with Crippen molar-refractivity contribution in [2.45, 2.75) is 6.92 Å². The predicted molar refractivity (Wildman–Crippen MR) is 102 cm³/mol. The third kappa shape index (κ3) is 3.41. The van der Waals surface area contributed by atoms with Gasteiger partial charge >= 0.3 is 5.97 Å². The summed E-state index contributed by atoms with van der Waals surface area (Å²) in [5.74, 6) is 0.149. The highest BCUT2D eigenvalue weighted by atomic mass is 16.6. The molecule has 0 saturated carbocycles. The second-order valence-corrected chi connectivity index (χ2v) is 5.82. The Balaban J connectivity index is 2.16. The molecule has 8 heteroatoms. The van der Waals surface area contributed by atoms with Crippen molar-refractivity contribution in [3.63, 3.8) is 0 Å². The molecular formula is C19H19N3O5. The zero-order valence-corrected chi connectivity index (χ0v) is 15.2. The van der Waals surface area contributed by atoms with Gasteiger partial charge in [0, 0.05) is 35.9 Å². The number of anilines is 2. The summed E-state index contributed by atoms with van der Waals surface area (Å²) in [5, 5.41) is 15.2. The van der Waals surface area contributed by atoms with Crippen LogP contribution in [0.3, 0.4) is 0 Å². The van der Waals surface area contributed by atoms with E-state index in [-0.39, 0.29) is 18.0 Å². The lowest BCUT2D eigenvalue weighted by molar-refractivity contribution is -0.383. The third-order valence-corrected chi connectivity index (χ3v) is 4.20. The molecular weight excluding hydrogens is 350 g/mol. The molecule has 0 aliphatic carbocycles. The topological polar surface area (TPSA) is 95.6 Å². The van der Waals surface area contributed by atoms with Crippen LogP contribution in [0.5, 0.6) is 5.75 Å². The second kappa shape index (κ2) is 7.36. The highest BCUT2D eigenvalue weighted by Crippen LogP contribution is 2.35. The minimum Gasteiger partial charge on any atom is -0.497 e. The lowest BCUT2D eigenvalue weighted by atomic mass is 10.1. The van der Waals surface area contributed by atoms with Gasteiger partial charge in [0.1, 0.15) is 17.0 Å². The molecule has 0 aliphatic heterocycles. The SMILES string of the molecule is CCOC(=O)c1cc2c(Nc3cccc(OC)c3)ccc([N+](=O)[O-])c2n1C. The fourth-order valence-electron chi connectivity index (χ4n) is 2.96. The summed E-state index contributed by atoms with van der Waals surface area (Å²) in [6.07, 6.45) is 0. The Morgan fingerprint density at radius 2 is 2.04 bits per heavy atom. The monoisotopic (exact) mass is 369 g/mol. The number of aromatic nitrogens is 1. The first-order valence-corrected chi connectivity index (χ1v) is 8.31. The Morgan fingerprint density at radius 3 is 2.70 bits per heavy atom. The van der Waals surface area contributed by atoms with Crippen molar-refractivity contribution < 1.29 is 19.2 Å². The number of hydrogen-bond donors (Lipinski definition) is 1. The number of rotatable bonds is 6. The van der Waals surface area contributed by atoms with Crippen molar-refractivity contribution in [3.8, 4) is 5.75 Å². The molecule has 0 fully saturated rings. The molecule has 0 atom stereocenters. The van der Waals surface area contributed by atoms with E-state index in [2.05, 4.69) is 5.32 Å². The Morgan fingerprint density at radius 1 is 1.26 bits per heavy atom. The average Bonchev–Trinajstić information content (AvgIpc) is 3.00. The number of ether oxygens (including phenoxy) is 2. The van der Waals surface area contributed by atoms with Crippen LogP contribution in [0, 0.1) is 10.1 Å². The third-order valence-electron chi connectivity index (χ3n) is 4.20. The Bertz CT molecular complexity index is 1030. The summed E-state index contributed by atoms with van der Waals surface area (Å²) in [6.45, 7) is 1.93. The molecule has 1 heterocycles. The molecule has 1 N–H and O–H groups in total. The molecule has 0 radical (unpaired) electrons. The lowest BCUT2D eigenvalue weighted by Gasteiger charge is -2.10. The van der Waals surface area contributed by atoms with Crippen molar-refractivity contribution in [3.05, 3.63) is 58.3 Å².